The minimum absolute atomic E-state index is 0.278. The number of nitrogens with zero attached hydrogens (tertiary/aromatic N) is 1. The summed E-state index contributed by atoms with van der Waals surface area (Å²) in [6, 6.07) is 4.71. The average Bonchev–Trinajstić information content (AvgIpc) is 2.56. The molecule has 2 nitrogen and oxygen atoms in total. The number of thiazole rings is 1. The molecule has 2 rings (SSSR count). The Balaban J connectivity index is 2.10. The second-order valence-electron chi connectivity index (χ2n) is 3.45. The molecule has 0 fully saturated rings. The molecule has 0 aliphatic heterocycles. The number of halogens is 2. The molecule has 1 aromatic carbocycles. The van der Waals surface area contributed by atoms with Gasteiger partial charge in [0.1, 0.15) is 5.82 Å². The lowest BCUT2D eigenvalue weighted by molar-refractivity contribution is 0.617. The van der Waals surface area contributed by atoms with E-state index in [1.165, 1.54) is 29.2 Å². The maximum absolute atomic E-state index is 13.5. The highest BCUT2D eigenvalue weighted by Gasteiger charge is 2.08. The van der Waals surface area contributed by atoms with E-state index in [1.807, 2.05) is 6.92 Å². The van der Waals surface area contributed by atoms with Gasteiger partial charge in [-0.1, -0.05) is 29.0 Å². The SMILES string of the molecule is Cc1nc(N)sc1SCc1ccc(Cl)cc1F. The van der Waals surface area contributed by atoms with Gasteiger partial charge in [0.05, 0.1) is 9.90 Å². The molecule has 0 saturated heterocycles. The molecule has 1 heterocycles. The summed E-state index contributed by atoms with van der Waals surface area (Å²) < 4.78 is 14.5. The third kappa shape index (κ3) is 3.12. The Morgan fingerprint density at radius 2 is 2.29 bits per heavy atom. The topological polar surface area (TPSA) is 38.9 Å². The van der Waals surface area contributed by atoms with Crippen molar-refractivity contribution < 1.29 is 4.39 Å². The average molecular weight is 289 g/mol. The third-order valence-corrected chi connectivity index (χ3v) is 4.78. The molecule has 90 valence electrons. The van der Waals surface area contributed by atoms with Crippen LogP contribution >= 0.6 is 34.7 Å². The molecule has 1 aromatic heterocycles. The monoisotopic (exact) mass is 288 g/mol. The first kappa shape index (κ1) is 12.7. The number of rotatable bonds is 3. The summed E-state index contributed by atoms with van der Waals surface area (Å²) >= 11 is 8.65. The maximum atomic E-state index is 13.5. The number of benzene rings is 1. The third-order valence-electron chi connectivity index (χ3n) is 2.14. The predicted octanol–water partition coefficient (Wildman–Crippen LogP) is 4.12. The van der Waals surface area contributed by atoms with E-state index < -0.39 is 0 Å². The van der Waals surface area contributed by atoms with Gasteiger partial charge in [-0.05, 0) is 24.6 Å². The summed E-state index contributed by atoms with van der Waals surface area (Å²) in [5, 5.41) is 0.955. The summed E-state index contributed by atoms with van der Waals surface area (Å²) in [4.78, 5) is 4.12. The largest absolute Gasteiger partial charge is 0.375 e. The van der Waals surface area contributed by atoms with Crippen LogP contribution in [0.3, 0.4) is 0 Å². The number of aryl methyl sites for hydroxylation is 1. The van der Waals surface area contributed by atoms with Crippen molar-refractivity contribution in [1.29, 1.82) is 0 Å². The summed E-state index contributed by atoms with van der Waals surface area (Å²) in [7, 11) is 0. The van der Waals surface area contributed by atoms with E-state index in [-0.39, 0.29) is 5.82 Å². The van der Waals surface area contributed by atoms with Gasteiger partial charge in [-0.3, -0.25) is 0 Å². The Morgan fingerprint density at radius 3 is 2.88 bits per heavy atom. The minimum Gasteiger partial charge on any atom is -0.375 e. The Morgan fingerprint density at radius 1 is 1.53 bits per heavy atom. The fourth-order valence-corrected chi connectivity index (χ4v) is 3.49. The van der Waals surface area contributed by atoms with E-state index in [9.17, 15) is 4.39 Å². The van der Waals surface area contributed by atoms with Gasteiger partial charge in [0.15, 0.2) is 5.13 Å². The molecule has 0 aliphatic rings. The standard InChI is InChI=1S/C11H10ClFN2S2/c1-6-10(17-11(14)15-6)16-5-7-2-3-8(12)4-9(7)13/h2-4H,5H2,1H3,(H2,14,15). The summed E-state index contributed by atoms with van der Waals surface area (Å²) in [6.07, 6.45) is 0. The van der Waals surface area contributed by atoms with Gasteiger partial charge in [-0.2, -0.15) is 0 Å². The van der Waals surface area contributed by atoms with Crippen LogP contribution in [0.1, 0.15) is 11.3 Å². The Bertz CT molecular complexity index is 542. The van der Waals surface area contributed by atoms with E-state index in [4.69, 9.17) is 17.3 Å². The Labute approximate surface area is 112 Å². The normalized spacial score (nSPS) is 10.8. The number of hydrogen-bond donors (Lipinski definition) is 1. The van der Waals surface area contributed by atoms with Crippen LogP contribution in [0.5, 0.6) is 0 Å². The number of aromatic nitrogens is 1. The molecule has 6 heteroatoms. The molecule has 2 N–H and O–H groups in total. The fraction of sp³-hybridized carbons (Fsp3) is 0.182. The predicted molar refractivity (Wildman–Crippen MR) is 72.2 cm³/mol. The van der Waals surface area contributed by atoms with E-state index in [0.29, 0.717) is 21.5 Å². The van der Waals surface area contributed by atoms with E-state index in [1.54, 1.807) is 12.1 Å². The molecule has 0 unspecified atom stereocenters. The lowest BCUT2D eigenvalue weighted by atomic mass is 10.2. The van der Waals surface area contributed by atoms with Crippen molar-refractivity contribution in [3.8, 4) is 0 Å². The van der Waals surface area contributed by atoms with Crippen LogP contribution in [0.2, 0.25) is 5.02 Å². The smallest absolute Gasteiger partial charge is 0.181 e. The molecular formula is C11H10ClFN2S2. The Kier molecular flexibility index (Phi) is 3.91. The maximum Gasteiger partial charge on any atom is 0.181 e. The lowest BCUT2D eigenvalue weighted by Crippen LogP contribution is -1.87. The summed E-state index contributed by atoms with van der Waals surface area (Å²) in [6.45, 7) is 1.90. The number of nitrogens with two attached hydrogens (primary N) is 1. The molecule has 17 heavy (non-hydrogen) atoms. The van der Waals surface area contributed by atoms with Gasteiger partial charge in [-0.15, -0.1) is 11.8 Å². The van der Waals surface area contributed by atoms with Crippen LogP contribution in [0.15, 0.2) is 22.4 Å². The van der Waals surface area contributed by atoms with Crippen molar-refractivity contribution in [2.45, 2.75) is 16.9 Å². The van der Waals surface area contributed by atoms with Crippen LogP contribution < -0.4 is 5.73 Å². The number of hydrogen-bond acceptors (Lipinski definition) is 4. The molecule has 0 saturated carbocycles. The van der Waals surface area contributed by atoms with Crippen molar-refractivity contribution >= 4 is 39.8 Å². The lowest BCUT2D eigenvalue weighted by Gasteiger charge is -2.02. The van der Waals surface area contributed by atoms with Crippen LogP contribution in [0.25, 0.3) is 0 Å². The number of anilines is 1. The zero-order chi connectivity index (χ0) is 12.4. The first-order valence-corrected chi connectivity index (χ1v) is 7.04. The van der Waals surface area contributed by atoms with Crippen molar-refractivity contribution in [3.63, 3.8) is 0 Å². The summed E-state index contributed by atoms with van der Waals surface area (Å²) in [5.74, 6) is 0.269. The van der Waals surface area contributed by atoms with Crippen LogP contribution in [-0.2, 0) is 5.75 Å². The summed E-state index contributed by atoms with van der Waals surface area (Å²) in [5.41, 5.74) is 7.13. The molecule has 0 bridgehead atoms. The second-order valence-corrected chi connectivity index (χ2v) is 6.16. The van der Waals surface area contributed by atoms with Crippen molar-refractivity contribution in [1.82, 2.24) is 4.98 Å². The number of thioether (sulfide) groups is 1. The molecule has 0 radical (unpaired) electrons. The first-order valence-electron chi connectivity index (χ1n) is 4.86. The molecular weight excluding hydrogens is 279 g/mol. The zero-order valence-electron chi connectivity index (χ0n) is 9.04. The van der Waals surface area contributed by atoms with Gasteiger partial charge in [0.25, 0.3) is 0 Å². The quantitative estimate of drug-likeness (QED) is 0.864. The minimum atomic E-state index is -0.278. The van der Waals surface area contributed by atoms with Crippen LogP contribution in [0.4, 0.5) is 9.52 Å². The van der Waals surface area contributed by atoms with E-state index in [0.717, 1.165) is 9.90 Å². The molecule has 0 amide bonds. The van der Waals surface area contributed by atoms with Gasteiger partial charge in [0.2, 0.25) is 0 Å². The highest BCUT2D eigenvalue weighted by Crippen LogP contribution is 2.33. The van der Waals surface area contributed by atoms with Crippen molar-refractivity contribution in [2.24, 2.45) is 0 Å². The van der Waals surface area contributed by atoms with Gasteiger partial charge in [0, 0.05) is 10.8 Å². The molecule has 2 aromatic rings. The molecule has 0 atom stereocenters. The van der Waals surface area contributed by atoms with Gasteiger partial charge >= 0.3 is 0 Å². The fourth-order valence-electron chi connectivity index (χ4n) is 1.32. The van der Waals surface area contributed by atoms with Gasteiger partial charge in [-0.25, -0.2) is 9.37 Å². The van der Waals surface area contributed by atoms with E-state index >= 15 is 0 Å². The van der Waals surface area contributed by atoms with Crippen LogP contribution in [0, 0.1) is 12.7 Å². The Hall–Kier alpha value is -0.780. The van der Waals surface area contributed by atoms with Gasteiger partial charge < -0.3 is 5.73 Å². The second kappa shape index (κ2) is 5.25. The number of nitrogen functional groups attached to an aromatic ring is 1. The van der Waals surface area contributed by atoms with Crippen molar-refractivity contribution in [3.05, 3.63) is 40.3 Å². The van der Waals surface area contributed by atoms with Crippen LogP contribution in [-0.4, -0.2) is 4.98 Å². The molecule has 0 aliphatic carbocycles. The zero-order valence-corrected chi connectivity index (χ0v) is 11.4. The van der Waals surface area contributed by atoms with Crippen molar-refractivity contribution in [2.75, 3.05) is 5.73 Å². The highest BCUT2D eigenvalue weighted by atomic mass is 35.5. The van der Waals surface area contributed by atoms with E-state index in [2.05, 4.69) is 4.98 Å². The first-order chi connectivity index (χ1) is 8.06. The molecule has 0 spiro atoms. The highest BCUT2D eigenvalue weighted by molar-refractivity contribution is 8.00.